The third-order valence-corrected chi connectivity index (χ3v) is 2.74. The van der Waals surface area contributed by atoms with Crippen LogP contribution in [0.3, 0.4) is 0 Å². The molecule has 2 rings (SSSR count). The second kappa shape index (κ2) is 4.40. The maximum atomic E-state index is 11.2. The Hall–Kier alpha value is -1.50. The molecule has 0 radical (unpaired) electrons. The van der Waals surface area contributed by atoms with Crippen LogP contribution < -0.4 is 14.2 Å². The molecule has 1 aliphatic rings. The van der Waals surface area contributed by atoms with Gasteiger partial charge in [-0.15, -0.1) is 0 Å². The molecular formula is C10H14N2O4S. The Labute approximate surface area is 100 Å². The number of anilines is 1. The fraction of sp³-hybridized carbons (Fsp3) is 0.500. The normalized spacial score (nSPS) is 15.4. The lowest BCUT2D eigenvalue weighted by atomic mass is 10.4. The summed E-state index contributed by atoms with van der Waals surface area (Å²) in [6.07, 6.45) is 4.60. The van der Waals surface area contributed by atoms with Crippen LogP contribution in [0.25, 0.3) is 0 Å². The first kappa shape index (κ1) is 12.0. The fourth-order valence-electron chi connectivity index (χ4n) is 1.31. The quantitative estimate of drug-likeness (QED) is 0.852. The van der Waals surface area contributed by atoms with E-state index >= 15 is 0 Å². The van der Waals surface area contributed by atoms with Gasteiger partial charge in [-0.3, -0.25) is 4.72 Å². The minimum atomic E-state index is -3.39. The van der Waals surface area contributed by atoms with Crippen molar-refractivity contribution >= 4 is 15.8 Å². The number of aromatic nitrogens is 1. The third kappa shape index (κ3) is 3.23. The van der Waals surface area contributed by atoms with Gasteiger partial charge in [0, 0.05) is 12.3 Å². The van der Waals surface area contributed by atoms with Crippen molar-refractivity contribution < 1.29 is 17.9 Å². The van der Waals surface area contributed by atoms with Gasteiger partial charge in [0.15, 0.2) is 11.6 Å². The van der Waals surface area contributed by atoms with Crippen LogP contribution in [-0.4, -0.2) is 32.9 Å². The van der Waals surface area contributed by atoms with Crippen LogP contribution in [0.2, 0.25) is 0 Å². The molecule has 0 spiro atoms. The van der Waals surface area contributed by atoms with Crippen molar-refractivity contribution in [3.8, 4) is 11.5 Å². The molecule has 0 aromatic carbocycles. The molecule has 1 aromatic heterocycles. The van der Waals surface area contributed by atoms with Crippen LogP contribution in [0.5, 0.6) is 11.5 Å². The molecule has 6 nitrogen and oxygen atoms in total. The number of pyridine rings is 1. The van der Waals surface area contributed by atoms with Crippen LogP contribution >= 0.6 is 0 Å². The molecule has 0 atom stereocenters. The zero-order chi connectivity index (χ0) is 12.5. The smallest absolute Gasteiger partial charge is 0.231 e. The van der Waals surface area contributed by atoms with Gasteiger partial charge in [0.2, 0.25) is 15.8 Å². The minimum Gasteiger partial charge on any atom is -0.493 e. The third-order valence-electron chi connectivity index (χ3n) is 2.18. The Bertz CT molecular complexity index is 511. The summed E-state index contributed by atoms with van der Waals surface area (Å²) in [7, 11) is -1.89. The van der Waals surface area contributed by atoms with Crippen molar-refractivity contribution in [1.29, 1.82) is 0 Å². The first-order valence-electron chi connectivity index (χ1n) is 5.17. The van der Waals surface area contributed by atoms with E-state index in [0.29, 0.717) is 11.5 Å². The standard InChI is InChI=1S/C10H14N2O4S/c1-15-8-5-6-11-10(12-17(2,13)14)9(8)16-7-3-4-7/h5-7H,3-4H2,1-2H3,(H,11,12). The van der Waals surface area contributed by atoms with Gasteiger partial charge in [-0.05, 0) is 12.8 Å². The van der Waals surface area contributed by atoms with E-state index < -0.39 is 10.0 Å². The SMILES string of the molecule is COc1ccnc(NS(C)(=O)=O)c1OC1CC1. The van der Waals surface area contributed by atoms with E-state index in [2.05, 4.69) is 9.71 Å². The average Bonchev–Trinajstić information content (AvgIpc) is 3.02. The maximum Gasteiger partial charge on any atom is 0.231 e. The number of ether oxygens (including phenoxy) is 2. The summed E-state index contributed by atoms with van der Waals surface area (Å²) in [5.74, 6) is 0.986. The number of hydrogen-bond acceptors (Lipinski definition) is 5. The Morgan fingerprint density at radius 3 is 2.71 bits per heavy atom. The highest BCUT2D eigenvalue weighted by atomic mass is 32.2. The van der Waals surface area contributed by atoms with E-state index in [0.717, 1.165) is 19.1 Å². The van der Waals surface area contributed by atoms with Crippen molar-refractivity contribution in [3.63, 3.8) is 0 Å². The predicted octanol–water partition coefficient (Wildman–Crippen LogP) is 1.00. The predicted molar refractivity (Wildman–Crippen MR) is 62.9 cm³/mol. The van der Waals surface area contributed by atoms with Crippen molar-refractivity contribution in [1.82, 2.24) is 4.98 Å². The van der Waals surface area contributed by atoms with Crippen molar-refractivity contribution in [2.24, 2.45) is 0 Å². The van der Waals surface area contributed by atoms with E-state index in [-0.39, 0.29) is 11.9 Å². The lowest BCUT2D eigenvalue weighted by Crippen LogP contribution is -2.13. The van der Waals surface area contributed by atoms with Crippen LogP contribution in [0.15, 0.2) is 12.3 Å². The van der Waals surface area contributed by atoms with Gasteiger partial charge in [-0.25, -0.2) is 13.4 Å². The van der Waals surface area contributed by atoms with Crippen LogP contribution in [-0.2, 0) is 10.0 Å². The Balaban J connectivity index is 2.34. The van der Waals surface area contributed by atoms with Gasteiger partial charge < -0.3 is 9.47 Å². The zero-order valence-corrected chi connectivity index (χ0v) is 10.5. The molecule has 17 heavy (non-hydrogen) atoms. The summed E-state index contributed by atoms with van der Waals surface area (Å²) in [5, 5.41) is 0. The largest absolute Gasteiger partial charge is 0.493 e. The summed E-state index contributed by atoms with van der Waals surface area (Å²) < 4.78 is 35.5. The lowest BCUT2D eigenvalue weighted by molar-refractivity contribution is 0.282. The van der Waals surface area contributed by atoms with Crippen molar-refractivity contribution in [2.75, 3.05) is 18.1 Å². The van der Waals surface area contributed by atoms with Crippen LogP contribution in [0.4, 0.5) is 5.82 Å². The summed E-state index contributed by atoms with van der Waals surface area (Å²) >= 11 is 0. The number of nitrogens with zero attached hydrogens (tertiary/aromatic N) is 1. The lowest BCUT2D eigenvalue weighted by Gasteiger charge is -2.13. The molecule has 1 saturated carbocycles. The van der Waals surface area contributed by atoms with Gasteiger partial charge in [0.05, 0.1) is 19.5 Å². The number of hydrogen-bond donors (Lipinski definition) is 1. The second-order valence-electron chi connectivity index (χ2n) is 3.88. The summed E-state index contributed by atoms with van der Waals surface area (Å²) in [6.45, 7) is 0. The van der Waals surface area contributed by atoms with E-state index in [1.165, 1.54) is 13.3 Å². The molecule has 0 saturated heterocycles. The number of sulfonamides is 1. The van der Waals surface area contributed by atoms with Gasteiger partial charge in [0.1, 0.15) is 0 Å². The van der Waals surface area contributed by atoms with Crippen LogP contribution in [0, 0.1) is 0 Å². The minimum absolute atomic E-state index is 0.133. The summed E-state index contributed by atoms with van der Waals surface area (Å²) in [6, 6.07) is 1.63. The van der Waals surface area contributed by atoms with Gasteiger partial charge in [-0.2, -0.15) is 0 Å². The van der Waals surface area contributed by atoms with Crippen molar-refractivity contribution in [3.05, 3.63) is 12.3 Å². The molecule has 0 unspecified atom stereocenters. The molecule has 1 heterocycles. The average molecular weight is 258 g/mol. The highest BCUT2D eigenvalue weighted by Crippen LogP contribution is 2.38. The first-order valence-corrected chi connectivity index (χ1v) is 7.06. The van der Waals surface area contributed by atoms with Crippen LogP contribution in [0.1, 0.15) is 12.8 Å². The summed E-state index contributed by atoms with van der Waals surface area (Å²) in [4.78, 5) is 3.96. The molecule has 1 aromatic rings. The molecule has 0 amide bonds. The fourth-order valence-corrected chi connectivity index (χ4v) is 1.80. The molecule has 1 aliphatic carbocycles. The van der Waals surface area contributed by atoms with E-state index in [4.69, 9.17) is 9.47 Å². The Morgan fingerprint density at radius 1 is 1.47 bits per heavy atom. The molecular weight excluding hydrogens is 244 g/mol. The topological polar surface area (TPSA) is 77.5 Å². The van der Waals surface area contributed by atoms with Gasteiger partial charge in [-0.1, -0.05) is 0 Å². The highest BCUT2D eigenvalue weighted by molar-refractivity contribution is 7.92. The molecule has 1 N–H and O–H groups in total. The summed E-state index contributed by atoms with van der Waals surface area (Å²) in [5.41, 5.74) is 0. The highest BCUT2D eigenvalue weighted by Gasteiger charge is 2.27. The van der Waals surface area contributed by atoms with Crippen molar-refractivity contribution in [2.45, 2.75) is 18.9 Å². The molecule has 94 valence electrons. The first-order chi connectivity index (χ1) is 7.99. The number of rotatable bonds is 5. The van der Waals surface area contributed by atoms with E-state index in [9.17, 15) is 8.42 Å². The molecule has 0 aliphatic heterocycles. The zero-order valence-electron chi connectivity index (χ0n) is 9.63. The van der Waals surface area contributed by atoms with E-state index in [1.807, 2.05) is 0 Å². The molecule has 0 bridgehead atoms. The molecule has 1 fully saturated rings. The number of nitrogens with one attached hydrogen (secondary N) is 1. The second-order valence-corrected chi connectivity index (χ2v) is 5.63. The van der Waals surface area contributed by atoms with Gasteiger partial charge in [0.25, 0.3) is 0 Å². The molecule has 7 heteroatoms. The Morgan fingerprint density at radius 2 is 2.18 bits per heavy atom. The van der Waals surface area contributed by atoms with E-state index in [1.54, 1.807) is 6.07 Å². The monoisotopic (exact) mass is 258 g/mol. The van der Waals surface area contributed by atoms with Gasteiger partial charge >= 0.3 is 0 Å². The maximum absolute atomic E-state index is 11.2. The number of methoxy groups -OCH3 is 1. The Kier molecular flexibility index (Phi) is 3.10.